The summed E-state index contributed by atoms with van der Waals surface area (Å²) in [4.78, 5) is 10.9. The van der Waals surface area contributed by atoms with Crippen LogP contribution in [0.3, 0.4) is 0 Å². The number of nitrogens with zero attached hydrogens (tertiary/aromatic N) is 4. The van der Waals surface area contributed by atoms with Gasteiger partial charge in [0, 0.05) is 36.7 Å². The second-order valence-corrected chi connectivity index (χ2v) is 5.87. The van der Waals surface area contributed by atoms with Gasteiger partial charge in [0.25, 0.3) is 0 Å². The minimum atomic E-state index is 0.577. The van der Waals surface area contributed by atoms with E-state index in [0.717, 1.165) is 47.7 Å². The fraction of sp³-hybridized carbons (Fsp3) is 0.462. The number of hydrogen-bond donors (Lipinski definition) is 1. The molecule has 7 heteroatoms. The van der Waals surface area contributed by atoms with Gasteiger partial charge in [0.2, 0.25) is 0 Å². The Morgan fingerprint density at radius 1 is 1.30 bits per heavy atom. The van der Waals surface area contributed by atoms with Crippen LogP contribution < -0.4 is 10.2 Å². The molecule has 0 amide bonds. The number of hydrogen-bond acceptors (Lipinski definition) is 7. The molecule has 1 N–H and O–H groups in total. The first-order valence-electron chi connectivity index (χ1n) is 6.62. The molecule has 106 valence electrons. The van der Waals surface area contributed by atoms with Crippen molar-refractivity contribution in [3.63, 3.8) is 0 Å². The van der Waals surface area contributed by atoms with Gasteiger partial charge < -0.3 is 14.7 Å². The van der Waals surface area contributed by atoms with Crippen LogP contribution in [0.1, 0.15) is 11.5 Å². The fourth-order valence-corrected chi connectivity index (χ4v) is 2.99. The summed E-state index contributed by atoms with van der Waals surface area (Å²) in [5, 5.41) is 7.10. The molecule has 1 aliphatic heterocycles. The first-order chi connectivity index (χ1) is 9.81. The molecule has 3 rings (SSSR count). The molecule has 0 radical (unpaired) electrons. The zero-order valence-electron chi connectivity index (χ0n) is 11.4. The van der Waals surface area contributed by atoms with Crippen LogP contribution in [0.5, 0.6) is 0 Å². The summed E-state index contributed by atoms with van der Waals surface area (Å²) in [6.07, 6.45) is 1.60. The van der Waals surface area contributed by atoms with Gasteiger partial charge in [-0.05, 0) is 6.92 Å². The van der Waals surface area contributed by atoms with Crippen molar-refractivity contribution in [2.24, 2.45) is 0 Å². The van der Waals surface area contributed by atoms with Crippen LogP contribution >= 0.6 is 11.8 Å². The minimum Gasteiger partial charge on any atom is -0.363 e. The Morgan fingerprint density at radius 2 is 2.15 bits per heavy atom. The Balaban J connectivity index is 1.64. The van der Waals surface area contributed by atoms with Crippen LogP contribution in [-0.4, -0.2) is 39.7 Å². The smallest absolute Gasteiger partial charge is 0.156 e. The Bertz CT molecular complexity index is 567. The molecular weight excluding hydrogens is 274 g/mol. The van der Waals surface area contributed by atoms with Gasteiger partial charge in [-0.25, -0.2) is 9.97 Å². The largest absolute Gasteiger partial charge is 0.363 e. The summed E-state index contributed by atoms with van der Waals surface area (Å²) in [6, 6.07) is 3.90. The molecule has 0 unspecified atom stereocenters. The van der Waals surface area contributed by atoms with E-state index in [2.05, 4.69) is 25.3 Å². The van der Waals surface area contributed by atoms with Gasteiger partial charge in [-0.2, -0.15) is 11.8 Å². The molecule has 3 heterocycles. The van der Waals surface area contributed by atoms with Gasteiger partial charge in [-0.1, -0.05) is 5.16 Å². The second kappa shape index (κ2) is 6.13. The number of rotatable bonds is 4. The Morgan fingerprint density at radius 3 is 2.90 bits per heavy atom. The third-order valence-corrected chi connectivity index (χ3v) is 4.05. The molecule has 0 atom stereocenters. The van der Waals surface area contributed by atoms with E-state index in [4.69, 9.17) is 4.52 Å². The summed E-state index contributed by atoms with van der Waals surface area (Å²) in [5.74, 6) is 4.91. The first-order valence-corrected chi connectivity index (χ1v) is 7.77. The van der Waals surface area contributed by atoms with Gasteiger partial charge in [-0.3, -0.25) is 0 Å². The Labute approximate surface area is 122 Å². The van der Waals surface area contributed by atoms with E-state index in [1.165, 1.54) is 0 Å². The lowest BCUT2D eigenvalue weighted by molar-refractivity contribution is 0.384. The highest BCUT2D eigenvalue weighted by atomic mass is 32.2. The molecule has 1 fully saturated rings. The third kappa shape index (κ3) is 3.22. The van der Waals surface area contributed by atoms with Crippen molar-refractivity contribution in [1.82, 2.24) is 15.1 Å². The molecule has 1 saturated heterocycles. The van der Waals surface area contributed by atoms with Crippen molar-refractivity contribution in [2.45, 2.75) is 13.5 Å². The highest BCUT2D eigenvalue weighted by molar-refractivity contribution is 7.99. The first kappa shape index (κ1) is 13.2. The van der Waals surface area contributed by atoms with Crippen molar-refractivity contribution in [1.29, 1.82) is 0 Å². The van der Waals surface area contributed by atoms with E-state index in [9.17, 15) is 0 Å². The fourth-order valence-electron chi connectivity index (χ4n) is 2.09. The summed E-state index contributed by atoms with van der Waals surface area (Å²) in [6.45, 7) is 4.57. The van der Waals surface area contributed by atoms with Crippen molar-refractivity contribution >= 4 is 23.4 Å². The SMILES string of the molecule is Cc1cc(CNc2cc(N3CCSCC3)ncn2)on1. The molecule has 0 saturated carbocycles. The van der Waals surface area contributed by atoms with E-state index in [-0.39, 0.29) is 0 Å². The van der Waals surface area contributed by atoms with Gasteiger partial charge in [0.1, 0.15) is 18.0 Å². The average Bonchev–Trinajstić information content (AvgIpc) is 2.92. The average molecular weight is 291 g/mol. The lowest BCUT2D eigenvalue weighted by Crippen LogP contribution is -2.33. The maximum Gasteiger partial charge on any atom is 0.156 e. The molecule has 2 aromatic heterocycles. The molecule has 2 aromatic rings. The van der Waals surface area contributed by atoms with Crippen molar-refractivity contribution in [3.05, 3.63) is 29.9 Å². The number of nitrogens with one attached hydrogen (secondary N) is 1. The molecule has 0 bridgehead atoms. The van der Waals surface area contributed by atoms with E-state index in [1.54, 1.807) is 6.33 Å². The van der Waals surface area contributed by atoms with Crippen LogP contribution in [0.25, 0.3) is 0 Å². The van der Waals surface area contributed by atoms with Crippen molar-refractivity contribution in [3.8, 4) is 0 Å². The highest BCUT2D eigenvalue weighted by Crippen LogP contribution is 2.19. The zero-order valence-corrected chi connectivity index (χ0v) is 12.2. The highest BCUT2D eigenvalue weighted by Gasteiger charge is 2.13. The summed E-state index contributed by atoms with van der Waals surface area (Å²) >= 11 is 1.99. The van der Waals surface area contributed by atoms with Crippen LogP contribution in [0.4, 0.5) is 11.6 Å². The quantitative estimate of drug-likeness (QED) is 0.923. The Kier molecular flexibility index (Phi) is 4.05. The maximum absolute atomic E-state index is 5.16. The van der Waals surface area contributed by atoms with Gasteiger partial charge >= 0.3 is 0 Å². The van der Waals surface area contributed by atoms with E-state index in [0.29, 0.717) is 6.54 Å². The zero-order chi connectivity index (χ0) is 13.8. The number of anilines is 2. The molecule has 0 spiro atoms. The Hall–Kier alpha value is -1.76. The maximum atomic E-state index is 5.16. The summed E-state index contributed by atoms with van der Waals surface area (Å²) in [5.41, 5.74) is 0.885. The van der Waals surface area contributed by atoms with Crippen LogP contribution in [0.2, 0.25) is 0 Å². The van der Waals surface area contributed by atoms with Crippen LogP contribution in [0, 0.1) is 6.92 Å². The summed E-state index contributed by atoms with van der Waals surface area (Å²) < 4.78 is 5.16. The van der Waals surface area contributed by atoms with Crippen LogP contribution in [-0.2, 0) is 6.54 Å². The predicted octanol–water partition coefficient (Wildman–Crippen LogP) is 1.94. The topological polar surface area (TPSA) is 67.1 Å². The van der Waals surface area contributed by atoms with E-state index in [1.807, 2.05) is 30.8 Å². The lowest BCUT2D eigenvalue weighted by Gasteiger charge is -2.27. The molecule has 0 aromatic carbocycles. The number of aryl methyl sites for hydroxylation is 1. The third-order valence-electron chi connectivity index (χ3n) is 3.11. The predicted molar refractivity (Wildman–Crippen MR) is 80.1 cm³/mol. The minimum absolute atomic E-state index is 0.577. The van der Waals surface area contributed by atoms with E-state index >= 15 is 0 Å². The van der Waals surface area contributed by atoms with Crippen molar-refractivity contribution < 1.29 is 4.52 Å². The molecule has 1 aliphatic rings. The second-order valence-electron chi connectivity index (χ2n) is 4.65. The number of thioether (sulfide) groups is 1. The molecular formula is C13H17N5OS. The van der Waals surface area contributed by atoms with E-state index < -0.39 is 0 Å². The molecule has 6 nitrogen and oxygen atoms in total. The normalized spacial score (nSPS) is 15.3. The van der Waals surface area contributed by atoms with Gasteiger partial charge in [-0.15, -0.1) is 0 Å². The molecule has 0 aliphatic carbocycles. The summed E-state index contributed by atoms with van der Waals surface area (Å²) in [7, 11) is 0. The number of aromatic nitrogens is 3. The van der Waals surface area contributed by atoms with Crippen LogP contribution in [0.15, 0.2) is 23.0 Å². The standard InChI is InChI=1S/C13H17N5OS/c1-10-6-11(19-17-10)8-14-12-7-13(16-9-15-12)18-2-4-20-5-3-18/h6-7,9H,2-5,8H2,1H3,(H,14,15,16). The molecule has 20 heavy (non-hydrogen) atoms. The van der Waals surface area contributed by atoms with Crippen molar-refractivity contribution in [2.75, 3.05) is 34.8 Å². The monoisotopic (exact) mass is 291 g/mol. The van der Waals surface area contributed by atoms with Gasteiger partial charge in [0.15, 0.2) is 5.76 Å². The van der Waals surface area contributed by atoms with Gasteiger partial charge in [0.05, 0.1) is 12.2 Å². The lowest BCUT2D eigenvalue weighted by atomic mass is 10.4.